The van der Waals surface area contributed by atoms with E-state index < -0.39 is 12.6 Å². The van der Waals surface area contributed by atoms with E-state index >= 15 is 0 Å². The maximum Gasteiger partial charge on any atom is 0.390 e. The number of nitrogens with two attached hydrogens (primary N) is 1. The molecule has 0 rings (SSSR count). The van der Waals surface area contributed by atoms with Gasteiger partial charge in [-0.25, -0.2) is 0 Å². The lowest BCUT2D eigenvalue weighted by atomic mass is 10.1. The van der Waals surface area contributed by atoms with Crippen molar-refractivity contribution in [1.29, 1.82) is 0 Å². The SMILES string of the molecule is CC(CCCN)C(=O)NCCC(F)(F)F. The Morgan fingerprint density at radius 3 is 2.53 bits per heavy atom. The smallest absolute Gasteiger partial charge is 0.356 e. The Bertz CT molecular complexity index is 194. The lowest BCUT2D eigenvalue weighted by Gasteiger charge is -2.12. The predicted octanol–water partition coefficient (Wildman–Crippen LogP) is 1.43. The molecule has 3 nitrogen and oxygen atoms in total. The van der Waals surface area contributed by atoms with Crippen LogP contribution in [0.1, 0.15) is 26.2 Å². The molecule has 0 spiro atoms. The molecule has 0 saturated heterocycles. The molecular formula is C9H17F3N2O. The molecule has 1 unspecified atom stereocenters. The molecule has 0 fully saturated rings. The zero-order valence-corrected chi connectivity index (χ0v) is 8.73. The van der Waals surface area contributed by atoms with E-state index in [2.05, 4.69) is 5.32 Å². The zero-order chi connectivity index (χ0) is 11.9. The molecule has 0 bridgehead atoms. The number of nitrogens with one attached hydrogen (secondary N) is 1. The third-order valence-corrected chi connectivity index (χ3v) is 2.00. The Balaban J connectivity index is 3.64. The Kier molecular flexibility index (Phi) is 6.31. The molecule has 15 heavy (non-hydrogen) atoms. The van der Waals surface area contributed by atoms with Gasteiger partial charge in [0.15, 0.2) is 0 Å². The van der Waals surface area contributed by atoms with Crippen molar-refractivity contribution in [3.63, 3.8) is 0 Å². The summed E-state index contributed by atoms with van der Waals surface area (Å²) in [5.41, 5.74) is 5.25. The molecule has 0 aromatic carbocycles. The van der Waals surface area contributed by atoms with E-state index in [-0.39, 0.29) is 18.4 Å². The van der Waals surface area contributed by atoms with E-state index in [4.69, 9.17) is 5.73 Å². The Hall–Kier alpha value is -0.780. The molecule has 0 heterocycles. The highest BCUT2D eigenvalue weighted by molar-refractivity contribution is 5.78. The van der Waals surface area contributed by atoms with Crippen molar-refractivity contribution in [3.05, 3.63) is 0 Å². The van der Waals surface area contributed by atoms with Crippen LogP contribution in [-0.2, 0) is 4.79 Å². The normalized spacial score (nSPS) is 13.7. The Morgan fingerprint density at radius 2 is 2.07 bits per heavy atom. The number of carbonyl (C=O) groups is 1. The second-order valence-corrected chi connectivity index (χ2v) is 3.49. The number of carbonyl (C=O) groups excluding carboxylic acids is 1. The van der Waals surface area contributed by atoms with Crippen LogP contribution in [-0.4, -0.2) is 25.2 Å². The van der Waals surface area contributed by atoms with Crippen molar-refractivity contribution in [2.75, 3.05) is 13.1 Å². The number of halogens is 3. The summed E-state index contributed by atoms with van der Waals surface area (Å²) in [6, 6.07) is 0. The quantitative estimate of drug-likeness (QED) is 0.719. The van der Waals surface area contributed by atoms with Crippen LogP contribution in [0.2, 0.25) is 0 Å². The van der Waals surface area contributed by atoms with E-state index in [1.54, 1.807) is 6.92 Å². The van der Waals surface area contributed by atoms with Gasteiger partial charge in [-0.1, -0.05) is 6.92 Å². The van der Waals surface area contributed by atoms with Gasteiger partial charge >= 0.3 is 6.18 Å². The standard InChI is InChI=1S/C9H17F3N2O/c1-7(3-2-5-13)8(15)14-6-4-9(10,11)12/h7H,2-6,13H2,1H3,(H,14,15). The molecule has 0 radical (unpaired) electrons. The van der Waals surface area contributed by atoms with Crippen LogP contribution < -0.4 is 11.1 Å². The molecule has 1 atom stereocenters. The number of amides is 1. The number of hydrogen-bond donors (Lipinski definition) is 2. The summed E-state index contributed by atoms with van der Waals surface area (Å²) in [6.07, 6.45) is -3.89. The van der Waals surface area contributed by atoms with Crippen LogP contribution in [0.4, 0.5) is 13.2 Å². The van der Waals surface area contributed by atoms with Crippen molar-refractivity contribution in [2.24, 2.45) is 11.7 Å². The maximum atomic E-state index is 11.7. The fraction of sp³-hybridized carbons (Fsp3) is 0.889. The second-order valence-electron chi connectivity index (χ2n) is 3.49. The summed E-state index contributed by atoms with van der Waals surface area (Å²) in [7, 11) is 0. The predicted molar refractivity (Wildman–Crippen MR) is 51.1 cm³/mol. The minimum absolute atomic E-state index is 0.276. The Labute approximate surface area is 87.2 Å². The van der Waals surface area contributed by atoms with Crippen LogP contribution in [0.5, 0.6) is 0 Å². The summed E-state index contributed by atoms with van der Waals surface area (Å²) < 4.78 is 35.2. The van der Waals surface area contributed by atoms with Crippen LogP contribution in [0.25, 0.3) is 0 Å². The van der Waals surface area contributed by atoms with Gasteiger partial charge in [0.1, 0.15) is 0 Å². The lowest BCUT2D eigenvalue weighted by Crippen LogP contribution is -2.32. The summed E-state index contributed by atoms with van der Waals surface area (Å²) in [5.74, 6) is -0.616. The van der Waals surface area contributed by atoms with Crippen molar-refractivity contribution in [2.45, 2.75) is 32.4 Å². The largest absolute Gasteiger partial charge is 0.390 e. The van der Waals surface area contributed by atoms with Gasteiger partial charge in [-0.2, -0.15) is 13.2 Å². The zero-order valence-electron chi connectivity index (χ0n) is 8.73. The van der Waals surface area contributed by atoms with Crippen molar-refractivity contribution >= 4 is 5.91 Å². The molecule has 0 saturated carbocycles. The Morgan fingerprint density at radius 1 is 1.47 bits per heavy atom. The van der Waals surface area contributed by atoms with Crippen LogP contribution in [0.15, 0.2) is 0 Å². The minimum Gasteiger partial charge on any atom is -0.356 e. The van der Waals surface area contributed by atoms with Crippen molar-refractivity contribution in [1.82, 2.24) is 5.32 Å². The first-order chi connectivity index (χ1) is 6.87. The van der Waals surface area contributed by atoms with E-state index in [9.17, 15) is 18.0 Å². The fourth-order valence-corrected chi connectivity index (χ4v) is 1.06. The van der Waals surface area contributed by atoms with E-state index in [0.717, 1.165) is 0 Å². The average molecular weight is 226 g/mol. The highest BCUT2D eigenvalue weighted by Gasteiger charge is 2.26. The molecule has 0 aromatic heterocycles. The first-order valence-electron chi connectivity index (χ1n) is 4.91. The monoisotopic (exact) mass is 226 g/mol. The van der Waals surface area contributed by atoms with E-state index in [1.165, 1.54) is 0 Å². The van der Waals surface area contributed by atoms with Gasteiger partial charge in [-0.3, -0.25) is 4.79 Å². The van der Waals surface area contributed by atoms with E-state index in [1.807, 2.05) is 0 Å². The summed E-state index contributed by atoms with van der Waals surface area (Å²) in [5, 5.41) is 2.25. The van der Waals surface area contributed by atoms with Crippen LogP contribution >= 0.6 is 0 Å². The average Bonchev–Trinajstić information content (AvgIpc) is 2.11. The van der Waals surface area contributed by atoms with Gasteiger partial charge in [0.2, 0.25) is 5.91 Å². The first kappa shape index (κ1) is 14.2. The summed E-state index contributed by atoms with van der Waals surface area (Å²) in [6.45, 7) is 1.81. The third-order valence-electron chi connectivity index (χ3n) is 2.00. The van der Waals surface area contributed by atoms with Gasteiger partial charge in [-0.15, -0.1) is 0 Å². The highest BCUT2D eigenvalue weighted by atomic mass is 19.4. The van der Waals surface area contributed by atoms with Gasteiger partial charge in [0.05, 0.1) is 6.42 Å². The van der Waals surface area contributed by atoms with Crippen LogP contribution in [0, 0.1) is 5.92 Å². The summed E-state index contributed by atoms with van der Waals surface area (Å²) >= 11 is 0. The topological polar surface area (TPSA) is 55.1 Å². The van der Waals surface area contributed by atoms with Crippen molar-refractivity contribution in [3.8, 4) is 0 Å². The molecule has 0 aliphatic rings. The molecule has 0 aliphatic carbocycles. The molecule has 3 N–H and O–H groups in total. The van der Waals surface area contributed by atoms with Gasteiger partial charge in [0.25, 0.3) is 0 Å². The second kappa shape index (κ2) is 6.66. The summed E-state index contributed by atoms with van der Waals surface area (Å²) in [4.78, 5) is 11.2. The highest BCUT2D eigenvalue weighted by Crippen LogP contribution is 2.18. The van der Waals surface area contributed by atoms with Crippen molar-refractivity contribution < 1.29 is 18.0 Å². The van der Waals surface area contributed by atoms with Gasteiger partial charge < -0.3 is 11.1 Å². The lowest BCUT2D eigenvalue weighted by molar-refractivity contribution is -0.136. The molecule has 0 aromatic rings. The molecule has 6 heteroatoms. The number of rotatable bonds is 6. The fourth-order valence-electron chi connectivity index (χ4n) is 1.06. The maximum absolute atomic E-state index is 11.7. The van der Waals surface area contributed by atoms with Crippen LogP contribution in [0.3, 0.4) is 0 Å². The molecule has 0 aliphatic heterocycles. The number of hydrogen-bond acceptors (Lipinski definition) is 2. The molecule has 90 valence electrons. The minimum atomic E-state index is -4.21. The molecule has 1 amide bonds. The first-order valence-corrected chi connectivity index (χ1v) is 4.91. The van der Waals surface area contributed by atoms with Gasteiger partial charge in [0, 0.05) is 12.5 Å². The molecular weight excluding hydrogens is 209 g/mol. The third kappa shape index (κ3) is 8.23. The van der Waals surface area contributed by atoms with Gasteiger partial charge in [-0.05, 0) is 19.4 Å². The number of alkyl halides is 3. The van der Waals surface area contributed by atoms with E-state index in [0.29, 0.717) is 19.4 Å².